The maximum atomic E-state index is 11.8. The number of thiocarbonyl (C=S) groups is 1. The lowest BCUT2D eigenvalue weighted by Crippen LogP contribution is -2.43. The first-order chi connectivity index (χ1) is 6.29. The van der Waals surface area contributed by atoms with Crippen LogP contribution in [0.2, 0.25) is 0 Å². The Morgan fingerprint density at radius 1 is 1.69 bits per heavy atom. The Kier molecular flexibility index (Phi) is 2.46. The number of nitrogens with zero attached hydrogens (tertiary/aromatic N) is 1. The maximum absolute atomic E-state index is 11.8. The smallest absolute Gasteiger partial charge is 0.266 e. The van der Waals surface area contributed by atoms with Crippen molar-refractivity contribution >= 4 is 23.3 Å². The van der Waals surface area contributed by atoms with E-state index in [4.69, 9.17) is 17.0 Å². The minimum absolute atomic E-state index is 0.0420. The lowest BCUT2D eigenvalue weighted by atomic mass is 10.2. The predicted octanol–water partition coefficient (Wildman–Crippen LogP) is -0.118. The highest BCUT2D eigenvalue weighted by Gasteiger charge is 2.32. The number of rotatable bonds is 1. The van der Waals surface area contributed by atoms with Crippen LogP contribution in [-0.4, -0.2) is 41.7 Å². The molecule has 0 aromatic heterocycles. The number of carbonyl (C=O) groups is 1. The normalized spacial score (nSPS) is 27.8. The summed E-state index contributed by atoms with van der Waals surface area (Å²) in [6.45, 7) is 2.07. The molecule has 13 heavy (non-hydrogen) atoms. The van der Waals surface area contributed by atoms with Gasteiger partial charge in [-0.25, -0.2) is 0 Å². The molecule has 0 saturated carbocycles. The number of hydrogen-bond donors (Lipinski definition) is 1. The van der Waals surface area contributed by atoms with Crippen molar-refractivity contribution in [1.82, 2.24) is 10.2 Å². The fourth-order valence-electron chi connectivity index (χ4n) is 1.68. The average molecular weight is 200 g/mol. The van der Waals surface area contributed by atoms with Crippen LogP contribution in [0.1, 0.15) is 12.8 Å². The van der Waals surface area contributed by atoms with Crippen LogP contribution in [0.15, 0.2) is 0 Å². The number of hydrogen-bond acceptors (Lipinski definition) is 4. The van der Waals surface area contributed by atoms with Gasteiger partial charge in [0.15, 0.2) is 0 Å². The molecule has 0 aliphatic carbocycles. The first-order valence-corrected chi connectivity index (χ1v) is 4.91. The van der Waals surface area contributed by atoms with Crippen molar-refractivity contribution < 1.29 is 9.53 Å². The zero-order valence-electron chi connectivity index (χ0n) is 7.28. The standard InChI is InChI=1S/C8H12N2O2S/c11-7(6-2-1-3-9-6)10-4-5-12-8(10)13/h6,9H,1-5H2/t6-/m1/s1. The van der Waals surface area contributed by atoms with Crippen molar-refractivity contribution in [2.24, 2.45) is 0 Å². The molecule has 2 fully saturated rings. The Labute approximate surface area is 82.2 Å². The van der Waals surface area contributed by atoms with Gasteiger partial charge in [0.2, 0.25) is 5.91 Å². The van der Waals surface area contributed by atoms with Gasteiger partial charge in [-0.3, -0.25) is 9.69 Å². The molecule has 2 saturated heterocycles. The van der Waals surface area contributed by atoms with Gasteiger partial charge in [-0.05, 0) is 31.6 Å². The lowest BCUT2D eigenvalue weighted by Gasteiger charge is -2.17. The highest BCUT2D eigenvalue weighted by Crippen LogP contribution is 2.12. The Bertz CT molecular complexity index is 238. The second-order valence-corrected chi connectivity index (χ2v) is 3.60. The summed E-state index contributed by atoms with van der Waals surface area (Å²) < 4.78 is 5.05. The summed E-state index contributed by atoms with van der Waals surface area (Å²) in [5.41, 5.74) is 0. The zero-order valence-corrected chi connectivity index (χ0v) is 8.10. The van der Waals surface area contributed by atoms with E-state index in [0.717, 1.165) is 19.4 Å². The van der Waals surface area contributed by atoms with E-state index in [1.165, 1.54) is 0 Å². The fraction of sp³-hybridized carbons (Fsp3) is 0.750. The summed E-state index contributed by atoms with van der Waals surface area (Å²) in [6.07, 6.45) is 1.98. The van der Waals surface area contributed by atoms with Crippen molar-refractivity contribution in [2.75, 3.05) is 19.7 Å². The third-order valence-electron chi connectivity index (χ3n) is 2.39. The third-order valence-corrected chi connectivity index (χ3v) is 2.72. The van der Waals surface area contributed by atoms with Crippen LogP contribution in [0.3, 0.4) is 0 Å². The van der Waals surface area contributed by atoms with E-state index in [-0.39, 0.29) is 11.9 Å². The van der Waals surface area contributed by atoms with Crippen molar-refractivity contribution in [3.8, 4) is 0 Å². The lowest BCUT2D eigenvalue weighted by molar-refractivity contribution is -0.128. The molecular weight excluding hydrogens is 188 g/mol. The highest BCUT2D eigenvalue weighted by atomic mass is 32.1. The van der Waals surface area contributed by atoms with Crippen LogP contribution < -0.4 is 5.32 Å². The number of amides is 1. The molecule has 72 valence electrons. The largest absolute Gasteiger partial charge is 0.469 e. The Morgan fingerprint density at radius 2 is 2.54 bits per heavy atom. The topological polar surface area (TPSA) is 41.6 Å². The SMILES string of the molecule is O=C([C@H]1CCCN1)N1CCOC1=S. The molecule has 0 radical (unpaired) electrons. The summed E-state index contributed by atoms with van der Waals surface area (Å²) in [6, 6.07) is -0.0420. The molecule has 2 rings (SSSR count). The molecule has 2 aliphatic rings. The molecule has 2 heterocycles. The van der Waals surface area contributed by atoms with Gasteiger partial charge in [0.1, 0.15) is 6.61 Å². The van der Waals surface area contributed by atoms with Crippen molar-refractivity contribution in [3.63, 3.8) is 0 Å². The zero-order chi connectivity index (χ0) is 9.26. The molecule has 0 bridgehead atoms. The van der Waals surface area contributed by atoms with Crippen molar-refractivity contribution in [1.29, 1.82) is 0 Å². The Morgan fingerprint density at radius 3 is 3.08 bits per heavy atom. The number of nitrogens with one attached hydrogen (secondary N) is 1. The molecule has 0 aromatic rings. The minimum Gasteiger partial charge on any atom is -0.469 e. The number of carbonyl (C=O) groups excluding carboxylic acids is 1. The van der Waals surface area contributed by atoms with E-state index in [1.807, 2.05) is 0 Å². The number of ether oxygens (including phenoxy) is 1. The van der Waals surface area contributed by atoms with Crippen LogP contribution in [0.4, 0.5) is 0 Å². The molecule has 2 aliphatic heterocycles. The maximum Gasteiger partial charge on any atom is 0.266 e. The van der Waals surface area contributed by atoms with E-state index in [0.29, 0.717) is 18.3 Å². The van der Waals surface area contributed by atoms with Gasteiger partial charge in [-0.1, -0.05) is 0 Å². The molecule has 4 nitrogen and oxygen atoms in total. The second kappa shape index (κ2) is 3.59. The first kappa shape index (κ1) is 8.90. The summed E-state index contributed by atoms with van der Waals surface area (Å²) in [4.78, 5) is 13.3. The molecule has 1 N–H and O–H groups in total. The van der Waals surface area contributed by atoms with Crippen LogP contribution in [-0.2, 0) is 9.53 Å². The first-order valence-electron chi connectivity index (χ1n) is 4.50. The summed E-state index contributed by atoms with van der Waals surface area (Å²) in [7, 11) is 0. The van der Waals surface area contributed by atoms with Gasteiger partial charge in [0, 0.05) is 0 Å². The predicted molar refractivity (Wildman–Crippen MR) is 51.3 cm³/mol. The Hall–Kier alpha value is -0.680. The van der Waals surface area contributed by atoms with E-state index < -0.39 is 0 Å². The summed E-state index contributed by atoms with van der Waals surface area (Å²) >= 11 is 4.91. The highest BCUT2D eigenvalue weighted by molar-refractivity contribution is 7.80. The molecule has 1 atom stereocenters. The van der Waals surface area contributed by atoms with Crippen LogP contribution in [0.5, 0.6) is 0 Å². The molecule has 0 aromatic carbocycles. The van der Waals surface area contributed by atoms with Crippen LogP contribution in [0, 0.1) is 0 Å². The van der Waals surface area contributed by atoms with Gasteiger partial charge in [-0.15, -0.1) is 0 Å². The molecule has 1 amide bonds. The van der Waals surface area contributed by atoms with E-state index in [9.17, 15) is 4.79 Å². The van der Waals surface area contributed by atoms with Crippen LogP contribution in [0.25, 0.3) is 0 Å². The quantitative estimate of drug-likeness (QED) is 0.599. The summed E-state index contributed by atoms with van der Waals surface area (Å²) in [5.74, 6) is 0.0694. The monoisotopic (exact) mass is 200 g/mol. The average Bonchev–Trinajstić information content (AvgIpc) is 2.72. The molecule has 0 unspecified atom stereocenters. The van der Waals surface area contributed by atoms with Gasteiger partial charge in [0.25, 0.3) is 5.17 Å². The van der Waals surface area contributed by atoms with Gasteiger partial charge in [0.05, 0.1) is 12.6 Å². The second-order valence-electron chi connectivity index (χ2n) is 3.25. The Balaban J connectivity index is 1.99. The molecular formula is C8H12N2O2S. The van der Waals surface area contributed by atoms with Crippen molar-refractivity contribution in [3.05, 3.63) is 0 Å². The van der Waals surface area contributed by atoms with E-state index in [1.54, 1.807) is 4.90 Å². The van der Waals surface area contributed by atoms with Gasteiger partial charge in [-0.2, -0.15) is 0 Å². The molecule has 5 heteroatoms. The van der Waals surface area contributed by atoms with Crippen LogP contribution >= 0.6 is 12.2 Å². The minimum atomic E-state index is -0.0420. The van der Waals surface area contributed by atoms with Gasteiger partial charge < -0.3 is 10.1 Å². The van der Waals surface area contributed by atoms with Gasteiger partial charge >= 0.3 is 0 Å². The van der Waals surface area contributed by atoms with E-state index in [2.05, 4.69) is 5.32 Å². The van der Waals surface area contributed by atoms with Crippen molar-refractivity contribution in [2.45, 2.75) is 18.9 Å². The third kappa shape index (κ3) is 1.66. The summed E-state index contributed by atoms with van der Waals surface area (Å²) in [5, 5.41) is 3.48. The van der Waals surface area contributed by atoms with E-state index >= 15 is 0 Å². The molecule has 0 spiro atoms. The fourth-order valence-corrected chi connectivity index (χ4v) is 1.94.